The van der Waals surface area contributed by atoms with Gasteiger partial charge in [0.05, 0.1) is 19.8 Å². The molecule has 1 aromatic heterocycles. The topological polar surface area (TPSA) is 45.5 Å². The fraction of sp³-hybridized carbons (Fsp3) is 0.318. The molecule has 0 bridgehead atoms. The molecule has 142 valence electrons. The quantitative estimate of drug-likeness (QED) is 0.473. The van der Waals surface area contributed by atoms with Gasteiger partial charge in [-0.25, -0.2) is 4.98 Å². The normalized spacial score (nSPS) is 10.9. The number of hydrogen-bond donors (Lipinski definition) is 0. The van der Waals surface area contributed by atoms with Crippen LogP contribution in [-0.4, -0.2) is 42.6 Å². The number of ether oxygens (including phenoxy) is 3. The number of imidazole rings is 1. The molecular weight excluding hydrogens is 340 g/mol. The summed E-state index contributed by atoms with van der Waals surface area (Å²) in [5, 5.41) is 0. The summed E-state index contributed by atoms with van der Waals surface area (Å²) in [5.41, 5.74) is 2.13. The minimum Gasteiger partial charge on any atom is -0.491 e. The molecular formula is C22H26N2O3. The second-order valence-corrected chi connectivity index (χ2v) is 6.05. The van der Waals surface area contributed by atoms with Crippen LogP contribution in [0.25, 0.3) is 17.1 Å². The van der Waals surface area contributed by atoms with Crippen LogP contribution < -0.4 is 4.74 Å². The van der Waals surface area contributed by atoms with Crippen LogP contribution in [0, 0.1) is 0 Å². The molecule has 2 aromatic carbocycles. The number of rotatable bonds is 11. The number of hydrogen-bond acceptors (Lipinski definition) is 4. The molecule has 0 saturated heterocycles. The van der Waals surface area contributed by atoms with E-state index in [0.29, 0.717) is 26.4 Å². The van der Waals surface area contributed by atoms with Gasteiger partial charge < -0.3 is 14.2 Å². The van der Waals surface area contributed by atoms with Gasteiger partial charge in [-0.05, 0) is 30.7 Å². The second kappa shape index (κ2) is 10.5. The van der Waals surface area contributed by atoms with Crippen molar-refractivity contribution >= 4 is 0 Å². The van der Waals surface area contributed by atoms with E-state index in [-0.39, 0.29) is 0 Å². The van der Waals surface area contributed by atoms with E-state index in [9.17, 15) is 0 Å². The zero-order chi connectivity index (χ0) is 18.7. The van der Waals surface area contributed by atoms with Gasteiger partial charge in [-0.2, -0.15) is 0 Å². The van der Waals surface area contributed by atoms with Crippen LogP contribution >= 0.6 is 0 Å². The summed E-state index contributed by atoms with van der Waals surface area (Å²) < 4.78 is 18.6. The van der Waals surface area contributed by atoms with Crippen LogP contribution in [0.2, 0.25) is 0 Å². The lowest BCUT2D eigenvalue weighted by molar-refractivity contribution is 0.0366. The van der Waals surface area contributed by atoms with E-state index in [2.05, 4.69) is 28.6 Å². The molecule has 5 nitrogen and oxygen atoms in total. The Hall–Kier alpha value is -2.63. The third kappa shape index (κ3) is 5.67. The Balaban J connectivity index is 1.49. The van der Waals surface area contributed by atoms with Crippen LogP contribution in [0.15, 0.2) is 67.0 Å². The van der Waals surface area contributed by atoms with Crippen LogP contribution in [0.4, 0.5) is 0 Å². The molecule has 0 unspecified atom stereocenters. The zero-order valence-corrected chi connectivity index (χ0v) is 15.7. The average Bonchev–Trinajstić information content (AvgIpc) is 3.21. The highest BCUT2D eigenvalue weighted by atomic mass is 16.5. The van der Waals surface area contributed by atoms with E-state index in [0.717, 1.165) is 35.9 Å². The third-order valence-corrected chi connectivity index (χ3v) is 4.00. The van der Waals surface area contributed by atoms with Crippen molar-refractivity contribution < 1.29 is 14.2 Å². The summed E-state index contributed by atoms with van der Waals surface area (Å²) in [6, 6.07) is 18.2. The Morgan fingerprint density at radius 1 is 0.815 bits per heavy atom. The molecule has 0 spiro atoms. The Morgan fingerprint density at radius 2 is 1.52 bits per heavy atom. The average molecular weight is 366 g/mol. The maximum atomic E-state index is 5.73. The molecule has 0 radical (unpaired) electrons. The van der Waals surface area contributed by atoms with Crippen LogP contribution in [0.3, 0.4) is 0 Å². The molecule has 0 atom stereocenters. The fourth-order valence-corrected chi connectivity index (χ4v) is 2.70. The number of aromatic nitrogens is 2. The fourth-order valence-electron chi connectivity index (χ4n) is 2.70. The molecule has 0 amide bonds. The predicted octanol–water partition coefficient (Wildman–Crippen LogP) is 4.36. The predicted molar refractivity (Wildman–Crippen MR) is 106 cm³/mol. The van der Waals surface area contributed by atoms with Gasteiger partial charge in [0.1, 0.15) is 18.2 Å². The first kappa shape index (κ1) is 19.1. The molecule has 0 N–H and O–H groups in total. The summed E-state index contributed by atoms with van der Waals surface area (Å²) in [6.07, 6.45) is 4.81. The molecule has 5 heteroatoms. The van der Waals surface area contributed by atoms with E-state index in [1.54, 1.807) is 0 Å². The molecule has 1 heterocycles. The van der Waals surface area contributed by atoms with Gasteiger partial charge in [-0.1, -0.05) is 37.3 Å². The Kier molecular flexibility index (Phi) is 7.45. The Morgan fingerprint density at radius 3 is 2.26 bits per heavy atom. The molecule has 0 aliphatic carbocycles. The van der Waals surface area contributed by atoms with Crippen LogP contribution in [0.1, 0.15) is 13.3 Å². The van der Waals surface area contributed by atoms with Gasteiger partial charge >= 0.3 is 0 Å². The summed E-state index contributed by atoms with van der Waals surface area (Å²) in [7, 11) is 0. The van der Waals surface area contributed by atoms with Crippen molar-refractivity contribution in [3.05, 3.63) is 67.0 Å². The van der Waals surface area contributed by atoms with E-state index in [1.807, 2.05) is 54.9 Å². The minimum absolute atomic E-state index is 0.521. The lowest BCUT2D eigenvalue weighted by atomic mass is 10.2. The Bertz CT molecular complexity index is 785. The highest BCUT2D eigenvalue weighted by molar-refractivity contribution is 5.58. The van der Waals surface area contributed by atoms with Crippen molar-refractivity contribution in [3.8, 4) is 22.8 Å². The first-order valence-electron chi connectivity index (χ1n) is 9.36. The molecule has 0 fully saturated rings. The smallest absolute Gasteiger partial charge is 0.144 e. The highest BCUT2D eigenvalue weighted by Gasteiger charge is 2.07. The van der Waals surface area contributed by atoms with Crippen LogP contribution in [-0.2, 0) is 9.47 Å². The SMILES string of the molecule is CCCOCCOCCOc1ccc(-n2ccnc2-c2ccccc2)cc1. The number of nitrogens with zero attached hydrogens (tertiary/aromatic N) is 2. The lowest BCUT2D eigenvalue weighted by Gasteiger charge is -2.10. The van der Waals surface area contributed by atoms with E-state index in [1.165, 1.54) is 0 Å². The highest BCUT2D eigenvalue weighted by Crippen LogP contribution is 2.22. The molecule has 0 aliphatic rings. The molecule has 3 aromatic rings. The van der Waals surface area contributed by atoms with Gasteiger partial charge in [0.2, 0.25) is 0 Å². The van der Waals surface area contributed by atoms with Crippen molar-refractivity contribution in [1.29, 1.82) is 0 Å². The monoisotopic (exact) mass is 366 g/mol. The molecule has 3 rings (SSSR count). The first-order valence-corrected chi connectivity index (χ1v) is 9.36. The van der Waals surface area contributed by atoms with Gasteiger partial charge in [-0.15, -0.1) is 0 Å². The van der Waals surface area contributed by atoms with Crippen molar-refractivity contribution in [3.63, 3.8) is 0 Å². The summed E-state index contributed by atoms with van der Waals surface area (Å²) in [5.74, 6) is 1.74. The van der Waals surface area contributed by atoms with E-state index < -0.39 is 0 Å². The minimum atomic E-state index is 0.521. The largest absolute Gasteiger partial charge is 0.491 e. The summed E-state index contributed by atoms with van der Waals surface area (Å²) in [6.45, 7) is 5.19. The standard InChI is InChI=1S/C22H26N2O3/c1-2-14-25-15-16-26-17-18-27-21-10-8-20(9-11-21)24-13-12-23-22(24)19-6-4-3-5-7-19/h3-13H,2,14-18H2,1H3. The van der Waals surface area contributed by atoms with Crippen molar-refractivity contribution in [2.45, 2.75) is 13.3 Å². The summed E-state index contributed by atoms with van der Waals surface area (Å²) in [4.78, 5) is 4.49. The van der Waals surface area contributed by atoms with Crippen molar-refractivity contribution in [1.82, 2.24) is 9.55 Å². The van der Waals surface area contributed by atoms with E-state index in [4.69, 9.17) is 14.2 Å². The van der Waals surface area contributed by atoms with Crippen molar-refractivity contribution in [2.75, 3.05) is 33.0 Å². The zero-order valence-electron chi connectivity index (χ0n) is 15.7. The van der Waals surface area contributed by atoms with Gasteiger partial charge in [0.15, 0.2) is 0 Å². The molecule has 0 saturated carbocycles. The van der Waals surface area contributed by atoms with Gasteiger partial charge in [-0.3, -0.25) is 4.57 Å². The molecule has 0 aliphatic heterocycles. The lowest BCUT2D eigenvalue weighted by Crippen LogP contribution is -2.11. The second-order valence-electron chi connectivity index (χ2n) is 6.05. The number of benzene rings is 2. The van der Waals surface area contributed by atoms with E-state index >= 15 is 0 Å². The van der Waals surface area contributed by atoms with Crippen LogP contribution in [0.5, 0.6) is 5.75 Å². The molecule has 27 heavy (non-hydrogen) atoms. The maximum Gasteiger partial charge on any atom is 0.144 e. The van der Waals surface area contributed by atoms with Crippen molar-refractivity contribution in [2.24, 2.45) is 0 Å². The first-order chi connectivity index (χ1) is 13.4. The maximum absolute atomic E-state index is 5.73. The summed E-state index contributed by atoms with van der Waals surface area (Å²) >= 11 is 0. The van der Waals surface area contributed by atoms with Gasteiger partial charge in [0.25, 0.3) is 0 Å². The Labute approximate surface area is 160 Å². The third-order valence-electron chi connectivity index (χ3n) is 4.00. The van der Waals surface area contributed by atoms with Gasteiger partial charge in [0, 0.05) is 30.3 Å².